The Bertz CT molecular complexity index is 214. The monoisotopic (exact) mass is 123 g/mol. The summed E-state index contributed by atoms with van der Waals surface area (Å²) in [5.74, 6) is 0.852. The van der Waals surface area contributed by atoms with Crippen LogP contribution in [0.2, 0.25) is 0 Å². The van der Waals surface area contributed by atoms with E-state index >= 15 is 0 Å². The lowest BCUT2D eigenvalue weighted by Crippen LogP contribution is -1.96. The second-order valence-electron chi connectivity index (χ2n) is 1.78. The van der Waals surface area contributed by atoms with Gasteiger partial charge in [0.2, 0.25) is 0 Å². The van der Waals surface area contributed by atoms with Crippen LogP contribution in [-0.2, 0) is 6.54 Å². The number of anilines is 1. The zero-order valence-electron chi connectivity index (χ0n) is 4.63. The van der Waals surface area contributed by atoms with E-state index < -0.39 is 0 Å². The highest BCUT2D eigenvalue weighted by Crippen LogP contribution is 2.15. The summed E-state index contributed by atoms with van der Waals surface area (Å²) in [7, 11) is 0. The van der Waals surface area contributed by atoms with Crippen molar-refractivity contribution in [2.45, 2.75) is 6.54 Å². The van der Waals surface area contributed by atoms with Gasteiger partial charge in [0.25, 0.3) is 0 Å². The van der Waals surface area contributed by atoms with E-state index in [9.17, 15) is 0 Å². The Kier molecular flexibility index (Phi) is 0.769. The summed E-state index contributed by atoms with van der Waals surface area (Å²) in [6.07, 6.45) is 1.74. The third kappa shape index (κ3) is 0.576. The summed E-state index contributed by atoms with van der Waals surface area (Å²) in [6, 6.07) is 0. The minimum Gasteiger partial charge on any atom is -0.261 e. The Morgan fingerprint density at radius 2 is 2.56 bits per heavy atom. The summed E-state index contributed by atoms with van der Waals surface area (Å²) in [6.45, 7) is 0.624. The summed E-state index contributed by atoms with van der Waals surface area (Å²) in [4.78, 5) is 0. The zero-order valence-corrected chi connectivity index (χ0v) is 4.63. The number of hydrogen-bond acceptors (Lipinski definition) is 4. The van der Waals surface area contributed by atoms with Crippen molar-refractivity contribution >= 4 is 5.82 Å². The first-order chi connectivity index (χ1) is 4.47. The van der Waals surface area contributed by atoms with Crippen LogP contribution in [0.15, 0.2) is 16.5 Å². The molecule has 0 unspecified atom stereocenters. The normalized spacial score (nSPS) is 14.7. The standard InChI is InChI=1S/C4H5N5/c1-3-2-6-9-8-4(3)7-5-1/h1H,2H2,(H2,5,6,7,8). The van der Waals surface area contributed by atoms with Crippen LogP contribution >= 0.6 is 0 Å². The van der Waals surface area contributed by atoms with Crippen LogP contribution in [0.25, 0.3) is 0 Å². The molecule has 0 amide bonds. The van der Waals surface area contributed by atoms with Gasteiger partial charge in [-0.3, -0.25) is 5.10 Å². The molecule has 0 bridgehead atoms. The second-order valence-corrected chi connectivity index (χ2v) is 1.78. The van der Waals surface area contributed by atoms with Gasteiger partial charge >= 0.3 is 0 Å². The number of nitrogens with one attached hydrogen (secondary N) is 2. The maximum absolute atomic E-state index is 3.80. The molecule has 2 N–H and O–H groups in total. The van der Waals surface area contributed by atoms with E-state index in [0.29, 0.717) is 6.54 Å². The van der Waals surface area contributed by atoms with Crippen LogP contribution in [0.1, 0.15) is 5.56 Å². The quantitative estimate of drug-likeness (QED) is 0.533. The third-order valence-electron chi connectivity index (χ3n) is 1.19. The fourth-order valence-electron chi connectivity index (χ4n) is 0.725. The van der Waals surface area contributed by atoms with Gasteiger partial charge in [0.15, 0.2) is 0 Å². The maximum Gasteiger partial charge on any atom is 0.148 e. The summed E-state index contributed by atoms with van der Waals surface area (Å²) in [5, 5.41) is 13.9. The fraction of sp³-hybridized carbons (Fsp3) is 0.250. The fourth-order valence-corrected chi connectivity index (χ4v) is 0.725. The van der Waals surface area contributed by atoms with Crippen LogP contribution < -0.4 is 5.43 Å². The van der Waals surface area contributed by atoms with E-state index in [1.165, 1.54) is 0 Å². The first-order valence-corrected chi connectivity index (χ1v) is 2.61. The van der Waals surface area contributed by atoms with Gasteiger partial charge in [-0.1, -0.05) is 5.22 Å². The predicted molar refractivity (Wildman–Crippen MR) is 30.8 cm³/mol. The molecule has 0 atom stereocenters. The van der Waals surface area contributed by atoms with Crippen LogP contribution in [0, 0.1) is 0 Å². The molecule has 46 valence electrons. The Morgan fingerprint density at radius 3 is 3.44 bits per heavy atom. The molecule has 1 aliphatic heterocycles. The Hall–Kier alpha value is -1.39. The van der Waals surface area contributed by atoms with Crippen LogP contribution in [0.5, 0.6) is 0 Å². The Morgan fingerprint density at radius 1 is 1.56 bits per heavy atom. The average Bonchev–Trinajstić information content (AvgIpc) is 2.33. The van der Waals surface area contributed by atoms with Gasteiger partial charge in [0.1, 0.15) is 5.82 Å². The van der Waals surface area contributed by atoms with Gasteiger partial charge in [0.05, 0.1) is 12.7 Å². The van der Waals surface area contributed by atoms with Crippen molar-refractivity contribution in [3.63, 3.8) is 0 Å². The highest BCUT2D eigenvalue weighted by Gasteiger charge is 2.05. The first-order valence-electron chi connectivity index (χ1n) is 2.61. The highest BCUT2D eigenvalue weighted by atomic mass is 15.5. The van der Waals surface area contributed by atoms with Gasteiger partial charge in [-0.25, -0.2) is 5.43 Å². The number of fused-ring (bicyclic) bond motifs is 1. The lowest BCUT2D eigenvalue weighted by molar-refractivity contribution is 0.884. The molecule has 2 rings (SSSR count). The number of aromatic nitrogens is 2. The zero-order chi connectivity index (χ0) is 6.10. The smallest absolute Gasteiger partial charge is 0.148 e. The molecule has 0 spiro atoms. The van der Waals surface area contributed by atoms with E-state index in [1.807, 2.05) is 0 Å². The number of rotatable bonds is 0. The highest BCUT2D eigenvalue weighted by molar-refractivity contribution is 5.42. The lowest BCUT2D eigenvalue weighted by Gasteiger charge is -2.01. The van der Waals surface area contributed by atoms with Crippen molar-refractivity contribution in [2.24, 2.45) is 10.3 Å². The van der Waals surface area contributed by atoms with Crippen molar-refractivity contribution in [3.8, 4) is 0 Å². The first kappa shape index (κ1) is 4.49. The molecule has 0 radical (unpaired) electrons. The molecule has 1 aromatic rings. The molecule has 0 aromatic carbocycles. The molecule has 0 aliphatic carbocycles. The van der Waals surface area contributed by atoms with Crippen molar-refractivity contribution in [2.75, 3.05) is 5.43 Å². The van der Waals surface area contributed by atoms with E-state index in [4.69, 9.17) is 0 Å². The van der Waals surface area contributed by atoms with Gasteiger partial charge in [-0.2, -0.15) is 10.2 Å². The molecule has 1 aliphatic rings. The number of nitrogens with zero attached hydrogens (tertiary/aromatic N) is 3. The van der Waals surface area contributed by atoms with Crippen molar-refractivity contribution < 1.29 is 0 Å². The van der Waals surface area contributed by atoms with Crippen molar-refractivity contribution in [3.05, 3.63) is 11.8 Å². The molecule has 0 saturated heterocycles. The van der Waals surface area contributed by atoms with E-state index in [0.717, 1.165) is 11.4 Å². The molecule has 0 fully saturated rings. The minimum atomic E-state index is 0.624. The van der Waals surface area contributed by atoms with Crippen LogP contribution in [-0.4, -0.2) is 10.2 Å². The second kappa shape index (κ2) is 1.54. The van der Waals surface area contributed by atoms with Crippen LogP contribution in [0.4, 0.5) is 5.82 Å². The number of hydrogen-bond donors (Lipinski definition) is 2. The molecular weight excluding hydrogens is 118 g/mol. The van der Waals surface area contributed by atoms with Crippen molar-refractivity contribution in [1.82, 2.24) is 10.2 Å². The average molecular weight is 123 g/mol. The lowest BCUT2D eigenvalue weighted by atomic mass is 10.3. The van der Waals surface area contributed by atoms with Gasteiger partial charge in [-0.05, 0) is 0 Å². The summed E-state index contributed by atoms with van der Waals surface area (Å²) in [5.41, 5.74) is 3.74. The van der Waals surface area contributed by atoms with E-state index in [1.54, 1.807) is 6.20 Å². The van der Waals surface area contributed by atoms with E-state index in [-0.39, 0.29) is 0 Å². The van der Waals surface area contributed by atoms with E-state index in [2.05, 4.69) is 26.0 Å². The largest absolute Gasteiger partial charge is 0.261 e. The Balaban J connectivity index is 2.46. The number of aromatic amines is 1. The molecule has 2 heterocycles. The third-order valence-corrected chi connectivity index (χ3v) is 1.19. The molecule has 9 heavy (non-hydrogen) atoms. The number of H-pyrrole nitrogens is 1. The van der Waals surface area contributed by atoms with Gasteiger partial charge in [-0.15, -0.1) is 0 Å². The van der Waals surface area contributed by atoms with Gasteiger partial charge < -0.3 is 0 Å². The predicted octanol–water partition coefficient (Wildman–Crippen LogP) is 0.702. The molecule has 5 heteroatoms. The Labute approximate surface area is 51.2 Å². The van der Waals surface area contributed by atoms with Gasteiger partial charge in [0, 0.05) is 5.56 Å². The molecule has 5 nitrogen and oxygen atoms in total. The topological polar surface area (TPSA) is 65.4 Å². The van der Waals surface area contributed by atoms with Crippen molar-refractivity contribution in [1.29, 1.82) is 0 Å². The molecule has 0 saturated carbocycles. The molecular formula is C4H5N5. The summed E-state index contributed by atoms with van der Waals surface area (Å²) < 4.78 is 0. The molecule has 1 aromatic heterocycles. The van der Waals surface area contributed by atoms with Crippen LogP contribution in [0.3, 0.4) is 0 Å². The summed E-state index contributed by atoms with van der Waals surface area (Å²) >= 11 is 0. The minimum absolute atomic E-state index is 0.624. The maximum atomic E-state index is 3.80. The SMILES string of the molecule is c1n[nH]c2c1CN=NN2.